The number of carbonyl (C=O) groups excluding carboxylic acids is 1. The highest BCUT2D eigenvalue weighted by molar-refractivity contribution is 5.96. The van der Waals surface area contributed by atoms with Gasteiger partial charge in [0.1, 0.15) is 12.4 Å². The number of pyridine rings is 1. The summed E-state index contributed by atoms with van der Waals surface area (Å²) in [5.74, 6) is 1.27. The molecule has 0 bridgehead atoms. The number of anilines is 1. The van der Waals surface area contributed by atoms with Crippen molar-refractivity contribution in [2.75, 3.05) is 25.7 Å². The van der Waals surface area contributed by atoms with Crippen molar-refractivity contribution in [1.82, 2.24) is 4.98 Å². The number of aromatic nitrogens is 1. The first kappa shape index (κ1) is 19.0. The number of fused-ring (bicyclic) bond motifs is 1. The van der Waals surface area contributed by atoms with Crippen LogP contribution in [0.4, 0.5) is 5.69 Å². The van der Waals surface area contributed by atoms with Crippen LogP contribution in [0.3, 0.4) is 0 Å². The number of amides is 1. The van der Waals surface area contributed by atoms with Crippen molar-refractivity contribution in [1.29, 1.82) is 0 Å². The summed E-state index contributed by atoms with van der Waals surface area (Å²) in [6.07, 6.45) is 1.78. The zero-order chi connectivity index (χ0) is 20.2. The molecular formula is C23H22N2O4. The Hall–Kier alpha value is -3.38. The van der Waals surface area contributed by atoms with Gasteiger partial charge in [0.15, 0.2) is 0 Å². The van der Waals surface area contributed by atoms with Crippen LogP contribution >= 0.6 is 0 Å². The first-order valence-electron chi connectivity index (χ1n) is 9.32. The fourth-order valence-corrected chi connectivity index (χ4v) is 3.40. The predicted octanol–water partition coefficient (Wildman–Crippen LogP) is 3.83. The number of ether oxygens (including phenoxy) is 3. The van der Waals surface area contributed by atoms with E-state index in [1.807, 2.05) is 48.5 Å². The summed E-state index contributed by atoms with van der Waals surface area (Å²) in [4.78, 5) is 18.8. The highest BCUT2D eigenvalue weighted by Crippen LogP contribution is 2.31. The standard InChI is InChI=1S/C23H22N2O4/c1-27-20-5-3-4-16(10-20)13-25-21-8-6-17(11-19(21)14-29-15-23(25)26)18-7-9-22(28-2)24-12-18/h3-12H,13-15H2,1-2H3. The van der Waals surface area contributed by atoms with Gasteiger partial charge in [-0.05, 0) is 41.5 Å². The van der Waals surface area contributed by atoms with Gasteiger partial charge >= 0.3 is 0 Å². The lowest BCUT2D eigenvalue weighted by molar-refractivity contribution is -0.123. The molecule has 3 aromatic rings. The molecule has 1 amide bonds. The Morgan fingerprint density at radius 1 is 1.00 bits per heavy atom. The summed E-state index contributed by atoms with van der Waals surface area (Å²) in [6, 6.07) is 17.6. The summed E-state index contributed by atoms with van der Waals surface area (Å²) in [6.45, 7) is 0.890. The number of hydrogen-bond donors (Lipinski definition) is 0. The van der Waals surface area contributed by atoms with E-state index >= 15 is 0 Å². The lowest BCUT2D eigenvalue weighted by Crippen LogP contribution is -2.32. The second kappa shape index (κ2) is 8.32. The predicted molar refractivity (Wildman–Crippen MR) is 110 cm³/mol. The summed E-state index contributed by atoms with van der Waals surface area (Å²) in [5, 5.41) is 0. The molecule has 0 saturated heterocycles. The van der Waals surface area contributed by atoms with E-state index in [1.165, 1.54) is 0 Å². The van der Waals surface area contributed by atoms with E-state index in [0.29, 0.717) is 19.0 Å². The molecule has 2 aromatic carbocycles. The quantitative estimate of drug-likeness (QED) is 0.663. The third-order valence-electron chi connectivity index (χ3n) is 4.91. The van der Waals surface area contributed by atoms with Gasteiger partial charge in [0, 0.05) is 29.1 Å². The van der Waals surface area contributed by atoms with Crippen LogP contribution in [0.25, 0.3) is 11.1 Å². The minimum Gasteiger partial charge on any atom is -0.497 e. The van der Waals surface area contributed by atoms with E-state index in [2.05, 4.69) is 11.1 Å². The molecule has 0 unspecified atom stereocenters. The van der Waals surface area contributed by atoms with Crippen molar-refractivity contribution in [2.24, 2.45) is 0 Å². The zero-order valence-corrected chi connectivity index (χ0v) is 16.4. The fraction of sp³-hybridized carbons (Fsp3) is 0.217. The fourth-order valence-electron chi connectivity index (χ4n) is 3.40. The average Bonchev–Trinajstić information content (AvgIpc) is 2.92. The van der Waals surface area contributed by atoms with Crippen LogP contribution in [-0.2, 0) is 22.7 Å². The van der Waals surface area contributed by atoms with Crippen LogP contribution in [0.5, 0.6) is 11.6 Å². The highest BCUT2D eigenvalue weighted by atomic mass is 16.5. The molecule has 4 rings (SSSR count). The second-order valence-corrected chi connectivity index (χ2v) is 6.76. The van der Waals surface area contributed by atoms with E-state index < -0.39 is 0 Å². The van der Waals surface area contributed by atoms with Crippen LogP contribution in [0.1, 0.15) is 11.1 Å². The molecule has 1 aliphatic heterocycles. The third-order valence-corrected chi connectivity index (χ3v) is 4.91. The van der Waals surface area contributed by atoms with E-state index in [4.69, 9.17) is 14.2 Å². The Morgan fingerprint density at radius 2 is 1.86 bits per heavy atom. The Kier molecular flexibility index (Phi) is 5.44. The topological polar surface area (TPSA) is 60.9 Å². The number of carbonyl (C=O) groups is 1. The minimum absolute atomic E-state index is 0.0536. The Labute approximate surface area is 169 Å². The van der Waals surface area contributed by atoms with Gasteiger partial charge in [-0.25, -0.2) is 4.98 Å². The van der Waals surface area contributed by atoms with Crippen molar-refractivity contribution in [2.45, 2.75) is 13.2 Å². The lowest BCUT2D eigenvalue weighted by atomic mass is 10.0. The number of methoxy groups -OCH3 is 2. The molecule has 0 fully saturated rings. The molecule has 2 heterocycles. The maximum atomic E-state index is 12.7. The van der Waals surface area contributed by atoms with E-state index in [9.17, 15) is 4.79 Å². The van der Waals surface area contributed by atoms with Crippen molar-refractivity contribution >= 4 is 11.6 Å². The molecule has 0 saturated carbocycles. The maximum Gasteiger partial charge on any atom is 0.253 e. The van der Waals surface area contributed by atoms with Crippen molar-refractivity contribution in [3.8, 4) is 22.8 Å². The van der Waals surface area contributed by atoms with Gasteiger partial charge in [0.05, 0.1) is 27.4 Å². The molecular weight excluding hydrogens is 368 g/mol. The molecule has 0 aliphatic carbocycles. The van der Waals surface area contributed by atoms with Crippen LogP contribution < -0.4 is 14.4 Å². The lowest BCUT2D eigenvalue weighted by Gasteiger charge is -2.23. The highest BCUT2D eigenvalue weighted by Gasteiger charge is 2.23. The summed E-state index contributed by atoms with van der Waals surface area (Å²) in [7, 11) is 3.23. The van der Waals surface area contributed by atoms with Gasteiger partial charge in [-0.3, -0.25) is 4.79 Å². The van der Waals surface area contributed by atoms with Crippen molar-refractivity contribution in [3.05, 3.63) is 71.9 Å². The SMILES string of the molecule is COc1cccc(CN2C(=O)COCc3cc(-c4ccc(OC)nc4)ccc32)c1. The van der Waals surface area contributed by atoms with Crippen LogP contribution in [0, 0.1) is 0 Å². The van der Waals surface area contributed by atoms with Gasteiger partial charge in [-0.1, -0.05) is 18.2 Å². The van der Waals surface area contributed by atoms with Gasteiger partial charge in [0.2, 0.25) is 5.88 Å². The first-order valence-corrected chi connectivity index (χ1v) is 9.32. The van der Waals surface area contributed by atoms with Crippen LogP contribution in [0.2, 0.25) is 0 Å². The molecule has 6 heteroatoms. The summed E-state index contributed by atoms with van der Waals surface area (Å²) in [5.41, 5.74) is 4.81. The normalized spacial score (nSPS) is 13.6. The van der Waals surface area contributed by atoms with Crippen LogP contribution in [-0.4, -0.2) is 31.7 Å². The summed E-state index contributed by atoms with van der Waals surface area (Å²) < 4.78 is 16.1. The smallest absolute Gasteiger partial charge is 0.253 e. The van der Waals surface area contributed by atoms with Crippen LogP contribution in [0.15, 0.2) is 60.8 Å². The molecule has 1 aromatic heterocycles. The molecule has 0 spiro atoms. The van der Waals surface area contributed by atoms with Gasteiger partial charge in [0.25, 0.3) is 5.91 Å². The average molecular weight is 390 g/mol. The molecule has 6 nitrogen and oxygen atoms in total. The summed E-state index contributed by atoms with van der Waals surface area (Å²) >= 11 is 0. The van der Waals surface area contributed by atoms with E-state index in [-0.39, 0.29) is 12.5 Å². The van der Waals surface area contributed by atoms with Gasteiger partial charge < -0.3 is 19.1 Å². The number of rotatable bonds is 5. The zero-order valence-electron chi connectivity index (χ0n) is 16.4. The maximum absolute atomic E-state index is 12.7. The first-order chi connectivity index (χ1) is 14.2. The molecule has 148 valence electrons. The minimum atomic E-state index is -0.0644. The molecule has 29 heavy (non-hydrogen) atoms. The largest absolute Gasteiger partial charge is 0.497 e. The third kappa shape index (κ3) is 4.07. The number of hydrogen-bond acceptors (Lipinski definition) is 5. The van der Waals surface area contributed by atoms with Crippen molar-refractivity contribution < 1.29 is 19.0 Å². The number of nitrogens with zero attached hydrogens (tertiary/aromatic N) is 2. The van der Waals surface area contributed by atoms with Gasteiger partial charge in [-0.2, -0.15) is 0 Å². The molecule has 0 atom stereocenters. The monoisotopic (exact) mass is 390 g/mol. The Balaban J connectivity index is 1.67. The molecule has 0 N–H and O–H groups in total. The van der Waals surface area contributed by atoms with Gasteiger partial charge in [-0.15, -0.1) is 0 Å². The Morgan fingerprint density at radius 3 is 2.62 bits per heavy atom. The Bertz CT molecular complexity index is 1020. The number of benzene rings is 2. The van der Waals surface area contributed by atoms with E-state index in [0.717, 1.165) is 33.7 Å². The van der Waals surface area contributed by atoms with E-state index in [1.54, 1.807) is 25.3 Å². The molecule has 1 aliphatic rings. The molecule has 0 radical (unpaired) electrons. The second-order valence-electron chi connectivity index (χ2n) is 6.76. The van der Waals surface area contributed by atoms with Crippen molar-refractivity contribution in [3.63, 3.8) is 0 Å².